The number of fused-ring (bicyclic) bond motifs is 1. The van der Waals surface area contributed by atoms with Gasteiger partial charge in [-0.15, -0.1) is 13.2 Å². The highest BCUT2D eigenvalue weighted by atomic mass is 19.4. The van der Waals surface area contributed by atoms with Gasteiger partial charge in [0.25, 0.3) is 0 Å². The average molecular weight is 350 g/mol. The first-order chi connectivity index (χ1) is 10.5. The van der Waals surface area contributed by atoms with Crippen LogP contribution >= 0.6 is 0 Å². The highest BCUT2D eigenvalue weighted by molar-refractivity contribution is 5.34. The van der Waals surface area contributed by atoms with Gasteiger partial charge in [0.1, 0.15) is 12.3 Å². The molecule has 0 fully saturated rings. The number of ether oxygens (including phenoxy) is 1. The van der Waals surface area contributed by atoms with Crippen molar-refractivity contribution in [3.63, 3.8) is 0 Å². The van der Waals surface area contributed by atoms with Crippen LogP contribution in [0, 0.1) is 0 Å². The summed E-state index contributed by atoms with van der Waals surface area (Å²) in [6.07, 6.45) is -14.0. The third-order valence-electron chi connectivity index (χ3n) is 3.44. The number of alkyl halides is 7. The van der Waals surface area contributed by atoms with Gasteiger partial charge in [0.05, 0.1) is 6.61 Å². The van der Waals surface area contributed by atoms with E-state index in [4.69, 9.17) is 0 Å². The predicted molar refractivity (Wildman–Crippen MR) is 62.0 cm³/mol. The number of nitrogens with zero attached hydrogens (tertiary/aromatic N) is 2. The first-order valence-corrected chi connectivity index (χ1v) is 6.70. The predicted octanol–water partition coefficient (Wildman–Crippen LogP) is 3.15. The minimum Gasteiger partial charge on any atom is -0.385 e. The van der Waals surface area contributed by atoms with Gasteiger partial charge >= 0.3 is 12.5 Å². The van der Waals surface area contributed by atoms with E-state index >= 15 is 0 Å². The highest BCUT2D eigenvalue weighted by Gasteiger charge is 2.44. The van der Waals surface area contributed by atoms with Crippen LogP contribution in [0.25, 0.3) is 0 Å². The Balaban J connectivity index is 2.20. The molecular weight excluding hydrogens is 337 g/mol. The van der Waals surface area contributed by atoms with E-state index in [1.807, 2.05) is 0 Å². The fraction of sp³-hybridized carbons (Fsp3) is 0.750. The molecule has 1 aromatic heterocycles. The quantitative estimate of drug-likeness (QED) is 0.670. The van der Waals surface area contributed by atoms with E-state index in [0.717, 1.165) is 4.68 Å². The molecule has 23 heavy (non-hydrogen) atoms. The molecule has 1 aromatic rings. The Kier molecular flexibility index (Phi) is 4.90. The van der Waals surface area contributed by atoms with E-state index in [9.17, 15) is 35.8 Å². The van der Waals surface area contributed by atoms with Gasteiger partial charge in [0, 0.05) is 17.8 Å². The Morgan fingerprint density at radius 2 is 1.87 bits per heavy atom. The molecule has 0 saturated heterocycles. The summed E-state index contributed by atoms with van der Waals surface area (Å²) >= 11 is 0. The van der Waals surface area contributed by atoms with Crippen LogP contribution in [0.3, 0.4) is 0 Å². The second-order valence-electron chi connectivity index (χ2n) is 5.08. The van der Waals surface area contributed by atoms with Gasteiger partial charge in [-0.1, -0.05) is 0 Å². The van der Waals surface area contributed by atoms with Crippen molar-refractivity contribution < 1.29 is 40.6 Å². The summed E-state index contributed by atoms with van der Waals surface area (Å²) in [7, 11) is 0. The zero-order valence-electron chi connectivity index (χ0n) is 11.6. The molecule has 0 radical (unpaired) electrons. The highest BCUT2D eigenvalue weighted by Crippen LogP contribution is 2.41. The molecule has 0 amide bonds. The molecular formula is C12H13F7N2O2. The van der Waals surface area contributed by atoms with Gasteiger partial charge in [0.2, 0.25) is 0 Å². The van der Waals surface area contributed by atoms with E-state index in [-0.39, 0.29) is 31.5 Å². The van der Waals surface area contributed by atoms with E-state index in [2.05, 4.69) is 9.84 Å². The van der Waals surface area contributed by atoms with Crippen LogP contribution in [-0.2, 0) is 23.9 Å². The van der Waals surface area contributed by atoms with E-state index in [0.29, 0.717) is 0 Å². The fourth-order valence-electron chi connectivity index (χ4n) is 2.50. The number of halogens is 7. The van der Waals surface area contributed by atoms with E-state index in [1.54, 1.807) is 0 Å². The molecule has 132 valence electrons. The summed E-state index contributed by atoms with van der Waals surface area (Å²) < 4.78 is 92.3. The number of aliphatic hydroxyl groups is 1. The molecule has 1 heterocycles. The second-order valence-corrected chi connectivity index (χ2v) is 5.08. The van der Waals surface area contributed by atoms with Crippen molar-refractivity contribution >= 4 is 0 Å². The van der Waals surface area contributed by atoms with Crippen LogP contribution < -0.4 is 0 Å². The largest absolute Gasteiger partial charge is 0.522 e. The van der Waals surface area contributed by atoms with Gasteiger partial charge in [0.15, 0.2) is 5.69 Å². The van der Waals surface area contributed by atoms with Crippen LogP contribution in [0.1, 0.15) is 35.9 Å². The maximum atomic E-state index is 13.5. The minimum atomic E-state index is -4.89. The van der Waals surface area contributed by atoms with Crippen molar-refractivity contribution in [2.24, 2.45) is 0 Å². The monoisotopic (exact) mass is 350 g/mol. The molecule has 1 aliphatic rings. The van der Waals surface area contributed by atoms with Crippen molar-refractivity contribution in [3.05, 3.63) is 17.0 Å². The number of aromatic nitrogens is 2. The van der Waals surface area contributed by atoms with Crippen LogP contribution in [0.5, 0.6) is 0 Å². The summed E-state index contributed by atoms with van der Waals surface area (Å²) in [5, 5.41) is 13.0. The lowest BCUT2D eigenvalue weighted by molar-refractivity contribution is -0.324. The van der Waals surface area contributed by atoms with Crippen molar-refractivity contribution in [1.29, 1.82) is 0 Å². The maximum Gasteiger partial charge on any atom is 0.522 e. The minimum absolute atomic E-state index is 0.00858. The van der Waals surface area contributed by atoms with E-state index < -0.39 is 42.7 Å². The smallest absolute Gasteiger partial charge is 0.385 e. The molecule has 2 rings (SSSR count). The summed E-state index contributed by atoms with van der Waals surface area (Å²) in [6, 6.07) is 0. The molecule has 0 aliphatic heterocycles. The molecule has 0 spiro atoms. The molecule has 0 unspecified atom stereocenters. The number of rotatable bonds is 4. The number of aliphatic hydroxyl groups excluding tert-OH is 1. The Hall–Kier alpha value is -1.36. The van der Waals surface area contributed by atoms with Crippen molar-refractivity contribution in [3.8, 4) is 0 Å². The standard InChI is InChI=1S/C12H13F7N2O2/c13-6-2-3-7-8(9(6)22)10(11(14,15)16)20-21(7)4-1-5-23-12(17,18)19/h6,9,22H,1-5H2/t6-,9+/m0/s1. The molecule has 1 N–H and O–H groups in total. The Bertz CT molecular complexity index is 553. The Morgan fingerprint density at radius 3 is 2.43 bits per heavy atom. The number of aryl methyl sites for hydroxylation is 1. The zero-order chi connectivity index (χ0) is 17.4. The van der Waals surface area contributed by atoms with Gasteiger partial charge < -0.3 is 5.11 Å². The summed E-state index contributed by atoms with van der Waals surface area (Å²) in [4.78, 5) is 0. The maximum absolute atomic E-state index is 13.5. The lowest BCUT2D eigenvalue weighted by atomic mass is 9.91. The lowest BCUT2D eigenvalue weighted by Gasteiger charge is -2.23. The molecule has 0 saturated carbocycles. The molecule has 4 nitrogen and oxygen atoms in total. The fourth-order valence-corrected chi connectivity index (χ4v) is 2.50. The van der Waals surface area contributed by atoms with Crippen molar-refractivity contribution in [2.75, 3.05) is 6.61 Å². The SMILES string of the molecule is O[C@H]1c2c(C(F)(F)F)nn(CCCOC(F)(F)F)c2CC[C@@H]1F. The summed E-state index contributed by atoms with van der Waals surface area (Å²) in [6.45, 7) is -1.01. The summed E-state index contributed by atoms with van der Waals surface area (Å²) in [5.41, 5.74) is -2.04. The molecule has 0 bridgehead atoms. The zero-order valence-corrected chi connectivity index (χ0v) is 11.6. The first-order valence-electron chi connectivity index (χ1n) is 6.70. The molecule has 11 heteroatoms. The third kappa shape index (κ3) is 4.14. The van der Waals surface area contributed by atoms with Gasteiger partial charge in [-0.2, -0.15) is 18.3 Å². The molecule has 1 aliphatic carbocycles. The van der Waals surface area contributed by atoms with Gasteiger partial charge in [-0.3, -0.25) is 9.42 Å². The Labute approximate surface area is 125 Å². The normalized spacial score (nSPS) is 22.3. The van der Waals surface area contributed by atoms with Crippen molar-refractivity contribution in [2.45, 2.75) is 50.6 Å². The van der Waals surface area contributed by atoms with Crippen LogP contribution in [0.2, 0.25) is 0 Å². The lowest BCUT2D eigenvalue weighted by Crippen LogP contribution is -2.24. The molecule has 2 atom stereocenters. The Morgan fingerprint density at radius 1 is 1.22 bits per heavy atom. The van der Waals surface area contributed by atoms with Crippen LogP contribution in [0.15, 0.2) is 0 Å². The molecule has 0 aromatic carbocycles. The van der Waals surface area contributed by atoms with Crippen LogP contribution in [-0.4, -0.2) is 34.0 Å². The van der Waals surface area contributed by atoms with Crippen molar-refractivity contribution in [1.82, 2.24) is 9.78 Å². The number of hydrogen-bond acceptors (Lipinski definition) is 3. The van der Waals surface area contributed by atoms with E-state index in [1.165, 1.54) is 0 Å². The van der Waals surface area contributed by atoms with Crippen LogP contribution in [0.4, 0.5) is 30.7 Å². The number of hydrogen-bond donors (Lipinski definition) is 1. The summed E-state index contributed by atoms with van der Waals surface area (Å²) in [5.74, 6) is 0. The van der Waals surface area contributed by atoms with Gasteiger partial charge in [-0.25, -0.2) is 4.39 Å². The topological polar surface area (TPSA) is 47.3 Å². The first kappa shape index (κ1) is 18.0. The second kappa shape index (κ2) is 6.27. The van der Waals surface area contributed by atoms with Gasteiger partial charge in [-0.05, 0) is 19.3 Å². The average Bonchev–Trinajstić information content (AvgIpc) is 2.77. The third-order valence-corrected chi connectivity index (χ3v) is 3.44.